The third-order valence-corrected chi connectivity index (χ3v) is 11.5. The summed E-state index contributed by atoms with van der Waals surface area (Å²) in [6.45, 7) is 4.95. The number of benzene rings is 2. The average molecular weight is 785 g/mol. The topological polar surface area (TPSA) is 144 Å². The molecule has 2 aromatic carbocycles. The van der Waals surface area contributed by atoms with Crippen molar-refractivity contribution in [1.29, 1.82) is 0 Å². The highest BCUT2D eigenvalue weighted by Gasteiger charge is 2.22. The highest BCUT2D eigenvalue weighted by atomic mass is 32.1. The van der Waals surface area contributed by atoms with Crippen LogP contribution in [0.15, 0.2) is 36.4 Å². The Morgan fingerprint density at radius 3 is 1.67 bits per heavy atom. The number of hydrogen-bond acceptors (Lipinski definition) is 13. The van der Waals surface area contributed by atoms with Gasteiger partial charge in [0.25, 0.3) is 0 Å². The van der Waals surface area contributed by atoms with Crippen LogP contribution in [0, 0.1) is 11.8 Å². The Morgan fingerprint density at radius 2 is 1.24 bits per heavy atom. The van der Waals surface area contributed by atoms with Crippen LogP contribution in [0.5, 0.6) is 11.5 Å². The molecule has 1 saturated heterocycles. The molecule has 0 aliphatic carbocycles. The summed E-state index contributed by atoms with van der Waals surface area (Å²) in [5, 5.41) is 11.0. The minimum Gasteiger partial charge on any atom is -0.496 e. The highest BCUT2D eigenvalue weighted by Crippen LogP contribution is 2.35. The van der Waals surface area contributed by atoms with Gasteiger partial charge in [-0.1, -0.05) is 13.8 Å². The molecule has 1 aliphatic heterocycles. The Hall–Kier alpha value is -3.88. The molecule has 5 rings (SSSR count). The van der Waals surface area contributed by atoms with Crippen LogP contribution >= 0.6 is 22.7 Å². The maximum absolute atomic E-state index is 12.6. The van der Waals surface area contributed by atoms with E-state index < -0.39 is 11.8 Å². The Morgan fingerprint density at radius 1 is 0.741 bits per heavy atom. The first-order chi connectivity index (χ1) is 26.0. The van der Waals surface area contributed by atoms with Crippen LogP contribution in [0.4, 0.5) is 0 Å². The summed E-state index contributed by atoms with van der Waals surface area (Å²) in [5.41, 5.74) is 2.11. The number of ketones is 2. The molecule has 54 heavy (non-hydrogen) atoms. The number of aryl methyl sites for hydroxylation is 2. The number of hydrogen-bond donors (Lipinski definition) is 1. The molecule has 0 spiro atoms. The van der Waals surface area contributed by atoms with Gasteiger partial charge in [-0.2, -0.15) is 0 Å². The lowest BCUT2D eigenvalue weighted by Gasteiger charge is -2.22. The predicted molar refractivity (Wildman–Crippen MR) is 210 cm³/mol. The van der Waals surface area contributed by atoms with Crippen molar-refractivity contribution in [3.8, 4) is 11.5 Å². The first-order valence-electron chi connectivity index (χ1n) is 18.3. The third kappa shape index (κ3) is 11.8. The first kappa shape index (κ1) is 42.9. The molecule has 13 heteroatoms. The zero-order chi connectivity index (χ0) is 39.2. The number of ether oxygens (including phenoxy) is 6. The van der Waals surface area contributed by atoms with Gasteiger partial charge in [-0.25, -0.2) is 0 Å². The lowest BCUT2D eigenvalue weighted by molar-refractivity contribution is -0.162. The molecule has 11 nitrogen and oxygen atoms in total. The smallest absolute Gasteiger partial charge is 0.308 e. The van der Waals surface area contributed by atoms with E-state index in [0.717, 1.165) is 81.5 Å². The summed E-state index contributed by atoms with van der Waals surface area (Å²) in [7, 11) is 5.93. The molecule has 0 saturated carbocycles. The number of thiophene rings is 2. The number of Topliss-reactive ketones (excluding diaryl/α,β-unsaturated/α-hetero) is 2. The molecule has 1 unspecified atom stereocenters. The van der Waals surface area contributed by atoms with Crippen LogP contribution in [0.2, 0.25) is 0 Å². The van der Waals surface area contributed by atoms with E-state index in [4.69, 9.17) is 28.8 Å². The van der Waals surface area contributed by atoms with Gasteiger partial charge in [-0.05, 0) is 103 Å². The van der Waals surface area contributed by atoms with Crippen molar-refractivity contribution >= 4 is 66.4 Å². The number of rotatable bonds is 18. The van der Waals surface area contributed by atoms with Gasteiger partial charge in [-0.15, -0.1) is 22.7 Å². The molecule has 3 atom stereocenters. The van der Waals surface area contributed by atoms with Gasteiger partial charge in [0.2, 0.25) is 0 Å². The summed E-state index contributed by atoms with van der Waals surface area (Å²) in [6, 6.07) is 11.8. The van der Waals surface area contributed by atoms with Crippen LogP contribution in [0.25, 0.3) is 20.2 Å². The van der Waals surface area contributed by atoms with Gasteiger partial charge >= 0.3 is 11.9 Å². The van der Waals surface area contributed by atoms with Gasteiger partial charge < -0.3 is 33.5 Å². The fourth-order valence-electron chi connectivity index (χ4n) is 6.19. The number of carbonyl (C=O) groups excluding carboxylic acids is 4. The van der Waals surface area contributed by atoms with Crippen molar-refractivity contribution in [1.82, 2.24) is 0 Å². The summed E-state index contributed by atoms with van der Waals surface area (Å²) < 4.78 is 33.8. The Bertz CT molecular complexity index is 1870. The van der Waals surface area contributed by atoms with E-state index in [1.54, 1.807) is 28.1 Å². The second-order valence-electron chi connectivity index (χ2n) is 13.3. The minimum absolute atomic E-state index is 0.0458. The SMILES string of the molecule is COC(=O)[C@@H](C)CC(=O)c1cc2cc(CCCO)c(OC)cc2s1.COC(=O)[C@@H](C)CC(=O)c1cc2cc(CCCOC3CCCCO3)c(OC)cc2s1. The number of esters is 2. The lowest BCUT2D eigenvalue weighted by Crippen LogP contribution is -2.22. The molecule has 1 aliphatic rings. The third-order valence-electron chi connectivity index (χ3n) is 9.21. The molecule has 1 fully saturated rings. The van der Waals surface area contributed by atoms with E-state index in [0.29, 0.717) is 29.2 Å². The van der Waals surface area contributed by atoms with Crippen molar-refractivity contribution in [2.24, 2.45) is 11.8 Å². The van der Waals surface area contributed by atoms with Gasteiger partial charge in [0.1, 0.15) is 11.5 Å². The first-order valence-corrected chi connectivity index (χ1v) is 19.9. The van der Waals surface area contributed by atoms with Crippen molar-refractivity contribution in [2.75, 3.05) is 48.3 Å². The zero-order valence-electron chi connectivity index (χ0n) is 32.0. The predicted octanol–water partition coefficient (Wildman–Crippen LogP) is 7.98. The summed E-state index contributed by atoms with van der Waals surface area (Å²) in [6.07, 6.45) is 6.52. The Kier molecular flexibility index (Phi) is 16.9. The molecule has 0 radical (unpaired) electrons. The summed E-state index contributed by atoms with van der Waals surface area (Å²) in [4.78, 5) is 49.3. The summed E-state index contributed by atoms with van der Waals surface area (Å²) in [5.74, 6) is -0.180. The molecule has 2 aromatic heterocycles. The highest BCUT2D eigenvalue weighted by molar-refractivity contribution is 7.21. The largest absolute Gasteiger partial charge is 0.496 e. The number of fused-ring (bicyclic) bond motifs is 2. The van der Waals surface area contributed by atoms with Crippen molar-refractivity contribution in [2.45, 2.75) is 77.9 Å². The monoisotopic (exact) mass is 784 g/mol. The van der Waals surface area contributed by atoms with Gasteiger partial charge in [0.05, 0.1) is 56.6 Å². The van der Waals surface area contributed by atoms with E-state index in [9.17, 15) is 19.2 Å². The van der Waals surface area contributed by atoms with E-state index in [1.165, 1.54) is 36.9 Å². The molecule has 1 N–H and O–H groups in total. The number of aliphatic hydroxyl groups is 1. The van der Waals surface area contributed by atoms with Crippen LogP contribution in [0.3, 0.4) is 0 Å². The van der Waals surface area contributed by atoms with E-state index in [1.807, 2.05) is 30.3 Å². The van der Waals surface area contributed by atoms with Crippen LogP contribution < -0.4 is 9.47 Å². The van der Waals surface area contributed by atoms with Crippen LogP contribution in [0.1, 0.15) is 89.3 Å². The minimum atomic E-state index is -0.456. The lowest BCUT2D eigenvalue weighted by atomic mass is 10.0. The average Bonchev–Trinajstić information content (AvgIpc) is 3.81. The zero-order valence-corrected chi connectivity index (χ0v) is 33.7. The number of methoxy groups -OCH3 is 4. The number of aliphatic hydroxyl groups excluding tert-OH is 1. The molecule has 0 bridgehead atoms. The fraction of sp³-hybridized carbons (Fsp3) is 0.512. The molecular formula is C41H52O11S2. The molecular weight excluding hydrogens is 733 g/mol. The molecule has 3 heterocycles. The molecule has 4 aromatic rings. The van der Waals surface area contributed by atoms with Crippen molar-refractivity contribution in [3.63, 3.8) is 0 Å². The second kappa shape index (κ2) is 21.3. The van der Waals surface area contributed by atoms with E-state index >= 15 is 0 Å². The van der Waals surface area contributed by atoms with E-state index in [-0.39, 0.29) is 49.2 Å². The molecule has 0 amide bonds. The van der Waals surface area contributed by atoms with Gasteiger partial charge in [-0.3, -0.25) is 19.2 Å². The maximum atomic E-state index is 12.6. The second-order valence-corrected chi connectivity index (χ2v) is 15.5. The summed E-state index contributed by atoms with van der Waals surface area (Å²) >= 11 is 2.83. The van der Waals surface area contributed by atoms with Crippen molar-refractivity contribution < 1.29 is 52.7 Å². The molecule has 294 valence electrons. The Labute approximate surface area is 324 Å². The normalized spacial score (nSPS) is 15.2. The Balaban J connectivity index is 0.000000247. The fourth-order valence-corrected chi connectivity index (χ4v) is 8.24. The van der Waals surface area contributed by atoms with E-state index in [2.05, 4.69) is 10.8 Å². The van der Waals surface area contributed by atoms with Gasteiger partial charge in [0, 0.05) is 35.5 Å². The van der Waals surface area contributed by atoms with Crippen molar-refractivity contribution in [3.05, 3.63) is 57.3 Å². The number of carbonyl (C=O) groups is 4. The quantitative estimate of drug-likeness (QED) is 0.0596. The van der Waals surface area contributed by atoms with Crippen LogP contribution in [-0.2, 0) is 41.4 Å². The standard InChI is InChI=1S/C23H30O6S.C18H22O5S/c1-15(23(25)27-3)11-18(24)21-13-17-12-16(19(26-2)14-20(17)30-21)7-6-10-29-22-8-4-5-9-28-22;1-11(18(21)23-3)7-14(20)17-9-13-8-12(5-4-6-19)15(22-2)10-16(13)24-17/h12-15,22H,4-11H2,1-3H3;8-11,19H,4-7H2,1-3H3/t15-,22?;11-/m00/s1. The van der Waals surface area contributed by atoms with Crippen LogP contribution in [-0.4, -0.2) is 83.2 Å². The maximum Gasteiger partial charge on any atom is 0.308 e. The van der Waals surface area contributed by atoms with Gasteiger partial charge in [0.15, 0.2) is 17.9 Å².